The normalized spacial score (nSPS) is 14.4. The molecule has 0 aliphatic carbocycles. The Morgan fingerprint density at radius 3 is 2.54 bits per heavy atom. The lowest BCUT2D eigenvalue weighted by Gasteiger charge is -2.35. The number of aromatic nitrogens is 1. The fraction of sp³-hybridized carbons (Fsp3) is 0.294. The van der Waals surface area contributed by atoms with Crippen molar-refractivity contribution in [1.29, 1.82) is 0 Å². The molecule has 0 bridgehead atoms. The standard InChI is InChI=1S/C17H19ClN4O2/c18-14-4-6-15(7-5-14)24-13-20-17(23)22-11-9-21(10-12-22)16-3-1-2-8-19-16/h1-8H,9-13H2,(H,20,23). The molecule has 1 saturated heterocycles. The van der Waals surface area contributed by atoms with Crippen molar-refractivity contribution in [1.82, 2.24) is 15.2 Å². The van der Waals surface area contributed by atoms with Gasteiger partial charge in [0.05, 0.1) is 0 Å². The van der Waals surface area contributed by atoms with Crippen molar-refractivity contribution < 1.29 is 9.53 Å². The van der Waals surface area contributed by atoms with Crippen LogP contribution in [-0.4, -0.2) is 48.8 Å². The number of rotatable bonds is 4. The zero-order chi connectivity index (χ0) is 16.8. The van der Waals surface area contributed by atoms with E-state index in [9.17, 15) is 4.79 Å². The Morgan fingerprint density at radius 2 is 1.88 bits per heavy atom. The van der Waals surface area contributed by atoms with Crippen molar-refractivity contribution in [3.63, 3.8) is 0 Å². The first-order valence-corrected chi connectivity index (χ1v) is 8.17. The van der Waals surface area contributed by atoms with E-state index in [0.29, 0.717) is 23.9 Å². The maximum Gasteiger partial charge on any atom is 0.320 e. The number of hydrogen-bond donors (Lipinski definition) is 1. The molecule has 3 rings (SSSR count). The fourth-order valence-electron chi connectivity index (χ4n) is 2.50. The SMILES string of the molecule is O=C(NCOc1ccc(Cl)cc1)N1CCN(c2ccccn2)CC1. The molecule has 126 valence electrons. The van der Waals surface area contributed by atoms with Gasteiger partial charge in [-0.3, -0.25) is 0 Å². The predicted octanol–water partition coefficient (Wildman–Crippen LogP) is 2.60. The van der Waals surface area contributed by atoms with Crippen molar-refractivity contribution >= 4 is 23.4 Å². The average molecular weight is 347 g/mol. The Morgan fingerprint density at radius 1 is 1.12 bits per heavy atom. The van der Waals surface area contributed by atoms with Crippen LogP contribution < -0.4 is 15.0 Å². The maximum atomic E-state index is 12.2. The minimum atomic E-state index is -0.121. The summed E-state index contributed by atoms with van der Waals surface area (Å²) in [5, 5.41) is 3.42. The van der Waals surface area contributed by atoms with E-state index in [4.69, 9.17) is 16.3 Å². The summed E-state index contributed by atoms with van der Waals surface area (Å²) in [6.07, 6.45) is 1.78. The van der Waals surface area contributed by atoms with Crippen molar-refractivity contribution in [2.45, 2.75) is 0 Å². The third kappa shape index (κ3) is 4.29. The summed E-state index contributed by atoms with van der Waals surface area (Å²) in [7, 11) is 0. The average Bonchev–Trinajstić information content (AvgIpc) is 2.64. The summed E-state index contributed by atoms with van der Waals surface area (Å²) in [5.41, 5.74) is 0. The van der Waals surface area contributed by atoms with Gasteiger partial charge in [0.25, 0.3) is 0 Å². The Labute approximate surface area is 146 Å². The number of pyridine rings is 1. The number of nitrogens with zero attached hydrogens (tertiary/aromatic N) is 3. The van der Waals surface area contributed by atoms with E-state index in [-0.39, 0.29) is 12.8 Å². The lowest BCUT2D eigenvalue weighted by atomic mass is 10.3. The molecule has 24 heavy (non-hydrogen) atoms. The van der Waals surface area contributed by atoms with Gasteiger partial charge in [-0.2, -0.15) is 0 Å². The molecule has 0 radical (unpaired) electrons. The number of benzene rings is 1. The summed E-state index contributed by atoms with van der Waals surface area (Å²) in [6.45, 7) is 2.97. The monoisotopic (exact) mass is 346 g/mol. The van der Waals surface area contributed by atoms with E-state index >= 15 is 0 Å². The molecule has 1 aliphatic rings. The van der Waals surface area contributed by atoms with E-state index in [1.54, 1.807) is 35.4 Å². The van der Waals surface area contributed by atoms with Crippen LogP contribution in [0.4, 0.5) is 10.6 Å². The molecule has 2 aromatic rings. The molecular formula is C17H19ClN4O2. The molecular weight excluding hydrogens is 328 g/mol. The van der Waals surface area contributed by atoms with Crippen molar-refractivity contribution in [2.75, 3.05) is 37.8 Å². The zero-order valence-electron chi connectivity index (χ0n) is 13.2. The van der Waals surface area contributed by atoms with Crippen LogP contribution in [0.25, 0.3) is 0 Å². The molecule has 0 atom stereocenters. The summed E-state index contributed by atoms with van der Waals surface area (Å²) in [6, 6.07) is 12.7. The number of nitrogens with one attached hydrogen (secondary N) is 1. The summed E-state index contributed by atoms with van der Waals surface area (Å²) < 4.78 is 5.48. The number of carbonyl (C=O) groups excluding carboxylic acids is 1. The first-order chi connectivity index (χ1) is 11.7. The highest BCUT2D eigenvalue weighted by atomic mass is 35.5. The second-order valence-corrected chi connectivity index (χ2v) is 5.82. The van der Waals surface area contributed by atoms with Gasteiger partial charge in [-0.1, -0.05) is 17.7 Å². The summed E-state index contributed by atoms with van der Waals surface area (Å²) >= 11 is 5.81. The smallest absolute Gasteiger partial charge is 0.320 e. The topological polar surface area (TPSA) is 57.7 Å². The molecule has 7 heteroatoms. The molecule has 2 amide bonds. The largest absolute Gasteiger partial charge is 0.473 e. The minimum Gasteiger partial charge on any atom is -0.473 e. The van der Waals surface area contributed by atoms with E-state index < -0.39 is 0 Å². The number of halogens is 1. The number of hydrogen-bond acceptors (Lipinski definition) is 4. The lowest BCUT2D eigenvalue weighted by Crippen LogP contribution is -2.52. The van der Waals surface area contributed by atoms with Crippen LogP contribution in [0.15, 0.2) is 48.7 Å². The van der Waals surface area contributed by atoms with Crippen molar-refractivity contribution in [3.8, 4) is 5.75 Å². The highest BCUT2D eigenvalue weighted by molar-refractivity contribution is 6.30. The van der Waals surface area contributed by atoms with E-state index in [0.717, 1.165) is 18.9 Å². The first kappa shape index (κ1) is 16.4. The van der Waals surface area contributed by atoms with Gasteiger partial charge in [-0.25, -0.2) is 9.78 Å². The van der Waals surface area contributed by atoms with Crippen LogP contribution in [0.1, 0.15) is 0 Å². The molecule has 1 N–H and O–H groups in total. The van der Waals surface area contributed by atoms with Crippen LogP contribution in [-0.2, 0) is 0 Å². The third-order valence-corrected chi connectivity index (χ3v) is 4.07. The van der Waals surface area contributed by atoms with Crippen LogP contribution >= 0.6 is 11.6 Å². The van der Waals surface area contributed by atoms with Gasteiger partial charge in [0.1, 0.15) is 11.6 Å². The number of ether oxygens (including phenoxy) is 1. The number of amides is 2. The van der Waals surface area contributed by atoms with Gasteiger partial charge in [-0.05, 0) is 36.4 Å². The van der Waals surface area contributed by atoms with Crippen LogP contribution in [0.2, 0.25) is 5.02 Å². The van der Waals surface area contributed by atoms with Gasteiger partial charge < -0.3 is 19.9 Å². The quantitative estimate of drug-likeness (QED) is 0.865. The van der Waals surface area contributed by atoms with Crippen molar-refractivity contribution in [2.24, 2.45) is 0 Å². The molecule has 6 nitrogen and oxygen atoms in total. The van der Waals surface area contributed by atoms with Gasteiger partial charge in [-0.15, -0.1) is 0 Å². The summed E-state index contributed by atoms with van der Waals surface area (Å²) in [4.78, 5) is 20.5. The Kier molecular flexibility index (Phi) is 5.38. The number of carbonyl (C=O) groups is 1. The molecule has 1 fully saturated rings. The summed E-state index contributed by atoms with van der Waals surface area (Å²) in [5.74, 6) is 1.61. The predicted molar refractivity (Wildman–Crippen MR) is 93.5 cm³/mol. The Balaban J connectivity index is 1.41. The molecule has 1 aromatic heterocycles. The number of urea groups is 1. The molecule has 0 unspecified atom stereocenters. The van der Waals surface area contributed by atoms with Gasteiger partial charge in [0, 0.05) is 37.4 Å². The van der Waals surface area contributed by atoms with Crippen molar-refractivity contribution in [3.05, 3.63) is 53.7 Å². The second kappa shape index (κ2) is 7.88. The van der Waals surface area contributed by atoms with Gasteiger partial charge in [0.2, 0.25) is 0 Å². The Bertz CT molecular complexity index is 658. The second-order valence-electron chi connectivity index (χ2n) is 5.39. The Hall–Kier alpha value is -2.47. The molecule has 1 aromatic carbocycles. The number of anilines is 1. The first-order valence-electron chi connectivity index (χ1n) is 7.79. The van der Waals surface area contributed by atoms with E-state index in [1.165, 1.54) is 0 Å². The van der Waals surface area contributed by atoms with Crippen LogP contribution in [0.3, 0.4) is 0 Å². The van der Waals surface area contributed by atoms with Crippen LogP contribution in [0.5, 0.6) is 5.75 Å². The van der Waals surface area contributed by atoms with Crippen LogP contribution in [0, 0.1) is 0 Å². The number of piperazine rings is 1. The highest BCUT2D eigenvalue weighted by Crippen LogP contribution is 2.15. The highest BCUT2D eigenvalue weighted by Gasteiger charge is 2.21. The molecule has 0 saturated carbocycles. The minimum absolute atomic E-state index is 0.121. The van der Waals surface area contributed by atoms with E-state index in [2.05, 4.69) is 15.2 Å². The van der Waals surface area contributed by atoms with E-state index in [1.807, 2.05) is 18.2 Å². The molecule has 0 spiro atoms. The zero-order valence-corrected chi connectivity index (χ0v) is 13.9. The lowest BCUT2D eigenvalue weighted by molar-refractivity contribution is 0.181. The van der Waals surface area contributed by atoms with Gasteiger partial charge in [0.15, 0.2) is 6.73 Å². The molecule has 2 heterocycles. The third-order valence-electron chi connectivity index (χ3n) is 3.82. The molecule has 1 aliphatic heterocycles. The fourth-order valence-corrected chi connectivity index (χ4v) is 2.63. The van der Waals surface area contributed by atoms with Gasteiger partial charge >= 0.3 is 6.03 Å². The maximum absolute atomic E-state index is 12.2.